The molecule has 1 amide bonds. The number of carbonyl (C=O) groups excluding carboxylic acids is 1. The second-order valence-electron chi connectivity index (χ2n) is 4.98. The van der Waals surface area contributed by atoms with E-state index in [4.69, 9.17) is 9.47 Å². The van der Waals surface area contributed by atoms with E-state index in [1.165, 1.54) is 0 Å². The maximum atomic E-state index is 11.9. The van der Waals surface area contributed by atoms with Gasteiger partial charge in [-0.05, 0) is 33.1 Å². The van der Waals surface area contributed by atoms with Gasteiger partial charge in [0.05, 0.1) is 16.3 Å². The smallest absolute Gasteiger partial charge is 0.410 e. The van der Waals surface area contributed by atoms with Crippen LogP contribution in [-0.4, -0.2) is 52.3 Å². The molecule has 0 aliphatic carbocycles. The van der Waals surface area contributed by atoms with Crippen molar-refractivity contribution < 1.29 is 14.3 Å². The van der Waals surface area contributed by atoms with Gasteiger partial charge in [-0.15, -0.1) is 0 Å². The highest BCUT2D eigenvalue weighted by Crippen LogP contribution is 2.19. The summed E-state index contributed by atoms with van der Waals surface area (Å²) in [4.78, 5) is 13.7. The zero-order valence-corrected chi connectivity index (χ0v) is 12.0. The molecule has 97 valence electrons. The van der Waals surface area contributed by atoms with E-state index in [0.29, 0.717) is 6.23 Å². The topological polar surface area (TPSA) is 38.8 Å². The van der Waals surface area contributed by atoms with Gasteiger partial charge in [-0.25, -0.2) is 4.79 Å². The largest absolute Gasteiger partial charge is 0.443 e. The molecule has 3 radical (unpaired) electrons. The van der Waals surface area contributed by atoms with Crippen LogP contribution in [0.4, 0.5) is 4.79 Å². The monoisotopic (exact) mass is 256 g/mol. The van der Waals surface area contributed by atoms with Gasteiger partial charge in [-0.2, -0.15) is 0 Å². The number of hydrogen-bond acceptors (Lipinski definition) is 3. The molecule has 0 N–H and O–H groups in total. The van der Waals surface area contributed by atoms with Crippen molar-refractivity contribution in [3.8, 4) is 0 Å². The third kappa shape index (κ3) is 4.67. The minimum Gasteiger partial charge on any atom is -0.443 e. The number of hydrogen-bond donors (Lipinski definition) is 0. The Kier molecular flexibility index (Phi) is 5.46. The Balaban J connectivity index is 2.36. The predicted octanol–water partition coefficient (Wildman–Crippen LogP) is 1.92. The van der Waals surface area contributed by atoms with Gasteiger partial charge in [-0.3, -0.25) is 0 Å². The summed E-state index contributed by atoms with van der Waals surface area (Å²) in [6.45, 7) is 7.32. The summed E-state index contributed by atoms with van der Waals surface area (Å²) in [6.07, 6.45) is 3.20. The first kappa shape index (κ1) is 14.5. The summed E-state index contributed by atoms with van der Waals surface area (Å²) in [5, 5.41) is 0. The molecule has 17 heavy (non-hydrogen) atoms. The number of rotatable bonds is 4. The van der Waals surface area contributed by atoms with Gasteiger partial charge in [0.2, 0.25) is 0 Å². The summed E-state index contributed by atoms with van der Waals surface area (Å²) in [5.41, 5.74) is -0.375. The molecule has 0 unspecified atom stereocenters. The molecule has 0 aromatic heterocycles. The molecule has 1 heterocycles. The van der Waals surface area contributed by atoms with E-state index in [2.05, 4.69) is 10.2 Å². The predicted molar refractivity (Wildman–Crippen MR) is 67.2 cm³/mol. The maximum absolute atomic E-state index is 11.9. The van der Waals surface area contributed by atoms with Gasteiger partial charge >= 0.3 is 6.09 Å². The molecule has 0 spiro atoms. The van der Waals surface area contributed by atoms with Crippen LogP contribution < -0.4 is 0 Å². The first-order valence-electron chi connectivity index (χ1n) is 6.22. The van der Waals surface area contributed by atoms with E-state index in [9.17, 15) is 4.79 Å². The zero-order chi connectivity index (χ0) is 12.9. The molecular weight excluding hydrogens is 234 g/mol. The normalized spacial score (nSPS) is 18.2. The Hall–Kier alpha value is -0.553. The highest BCUT2D eigenvalue weighted by Gasteiger charge is 2.28. The molecule has 0 aromatic carbocycles. The van der Waals surface area contributed by atoms with E-state index in [1.54, 1.807) is 4.90 Å². The van der Waals surface area contributed by atoms with Gasteiger partial charge < -0.3 is 14.4 Å². The first-order chi connectivity index (χ1) is 7.98. The highest BCUT2D eigenvalue weighted by molar-refractivity contribution is 6.08. The minimum atomic E-state index is -0.375. The van der Waals surface area contributed by atoms with Crippen molar-refractivity contribution >= 4 is 16.3 Å². The van der Waals surface area contributed by atoms with Crippen molar-refractivity contribution in [1.29, 1.82) is 0 Å². The molecule has 1 fully saturated rings. The standard InChI is InChI=1S/C12H22NO3Si/c1-4-12(2,3)16-11(14)13-7-5-10(6-8-13)15-9-17/h10H,4-9H2,1-3H3. The molecule has 1 saturated heterocycles. The minimum absolute atomic E-state index is 0.200. The van der Waals surface area contributed by atoms with Crippen LogP contribution in [-0.2, 0) is 9.47 Å². The van der Waals surface area contributed by atoms with Gasteiger partial charge in [0.15, 0.2) is 0 Å². The fourth-order valence-corrected chi connectivity index (χ4v) is 1.93. The van der Waals surface area contributed by atoms with Crippen molar-refractivity contribution in [3.05, 3.63) is 0 Å². The molecule has 0 saturated carbocycles. The first-order valence-corrected chi connectivity index (χ1v) is 6.93. The third-order valence-corrected chi connectivity index (χ3v) is 3.40. The van der Waals surface area contributed by atoms with E-state index in [0.717, 1.165) is 32.4 Å². The molecule has 4 nitrogen and oxygen atoms in total. The zero-order valence-electron chi connectivity index (χ0n) is 11.0. The lowest BCUT2D eigenvalue weighted by Crippen LogP contribution is -2.44. The molecular formula is C12H22NO3Si. The van der Waals surface area contributed by atoms with Gasteiger partial charge in [0.1, 0.15) is 5.60 Å². The Bertz CT molecular complexity index is 250. The van der Waals surface area contributed by atoms with Crippen molar-refractivity contribution in [1.82, 2.24) is 4.90 Å². The van der Waals surface area contributed by atoms with E-state index in [-0.39, 0.29) is 17.8 Å². The van der Waals surface area contributed by atoms with Crippen LogP contribution in [0.2, 0.25) is 0 Å². The number of amides is 1. The molecule has 0 bridgehead atoms. The second kappa shape index (κ2) is 6.40. The Morgan fingerprint density at radius 2 is 2.00 bits per heavy atom. The maximum Gasteiger partial charge on any atom is 0.410 e. The molecule has 1 aliphatic heterocycles. The summed E-state index contributed by atoms with van der Waals surface area (Å²) < 4.78 is 10.9. The van der Waals surface area contributed by atoms with Crippen LogP contribution in [0, 0.1) is 0 Å². The number of nitrogens with zero attached hydrogens (tertiary/aromatic N) is 1. The van der Waals surface area contributed by atoms with Crippen molar-refractivity contribution in [2.24, 2.45) is 0 Å². The lowest BCUT2D eigenvalue weighted by Gasteiger charge is -2.34. The van der Waals surface area contributed by atoms with Gasteiger partial charge in [0.25, 0.3) is 0 Å². The van der Waals surface area contributed by atoms with Crippen LogP contribution in [0.1, 0.15) is 40.0 Å². The summed E-state index contributed by atoms with van der Waals surface area (Å²) in [6, 6.07) is 0. The molecule has 1 aliphatic rings. The SMILES string of the molecule is CCC(C)(C)OC(=O)N1CCC(OC[Si])CC1. The van der Waals surface area contributed by atoms with Crippen LogP contribution in [0.3, 0.4) is 0 Å². The van der Waals surface area contributed by atoms with E-state index in [1.807, 2.05) is 20.8 Å². The lowest BCUT2D eigenvalue weighted by molar-refractivity contribution is -0.00948. The Morgan fingerprint density at radius 3 is 2.47 bits per heavy atom. The quantitative estimate of drug-likeness (QED) is 0.721. The van der Waals surface area contributed by atoms with Crippen LogP contribution in [0.5, 0.6) is 0 Å². The lowest BCUT2D eigenvalue weighted by atomic mass is 10.1. The number of carbonyl (C=O) groups is 1. The highest BCUT2D eigenvalue weighted by atomic mass is 28.1. The third-order valence-electron chi connectivity index (χ3n) is 3.23. The van der Waals surface area contributed by atoms with Crippen molar-refractivity contribution in [2.45, 2.75) is 51.7 Å². The number of piperidine rings is 1. The average Bonchev–Trinajstić information content (AvgIpc) is 2.30. The molecule has 5 heteroatoms. The molecule has 0 aromatic rings. The van der Waals surface area contributed by atoms with E-state index < -0.39 is 0 Å². The Labute approximate surface area is 107 Å². The fraction of sp³-hybridized carbons (Fsp3) is 0.917. The van der Waals surface area contributed by atoms with Crippen LogP contribution >= 0.6 is 0 Å². The fourth-order valence-electron chi connectivity index (χ4n) is 1.70. The van der Waals surface area contributed by atoms with Crippen molar-refractivity contribution in [3.63, 3.8) is 0 Å². The summed E-state index contributed by atoms with van der Waals surface area (Å²) >= 11 is 0. The Morgan fingerprint density at radius 1 is 1.41 bits per heavy atom. The van der Waals surface area contributed by atoms with Gasteiger partial charge in [0, 0.05) is 19.3 Å². The molecule has 0 atom stereocenters. The van der Waals surface area contributed by atoms with Crippen molar-refractivity contribution in [2.75, 3.05) is 19.3 Å². The summed E-state index contributed by atoms with van der Waals surface area (Å²) in [7, 11) is 3.30. The van der Waals surface area contributed by atoms with Crippen LogP contribution in [0.25, 0.3) is 0 Å². The molecule has 1 rings (SSSR count). The summed E-state index contributed by atoms with van der Waals surface area (Å²) in [5.74, 6) is 0. The van der Waals surface area contributed by atoms with Crippen LogP contribution in [0.15, 0.2) is 0 Å². The number of ether oxygens (including phenoxy) is 2. The average molecular weight is 256 g/mol. The second-order valence-corrected chi connectivity index (χ2v) is 5.27. The number of likely N-dealkylation sites (tertiary alicyclic amines) is 1. The van der Waals surface area contributed by atoms with Gasteiger partial charge in [-0.1, -0.05) is 6.92 Å². The van der Waals surface area contributed by atoms with E-state index >= 15 is 0 Å².